The molecule has 4 rings (SSSR count). The highest BCUT2D eigenvalue weighted by Crippen LogP contribution is 2.35. The highest BCUT2D eigenvalue weighted by molar-refractivity contribution is 6.31. The van der Waals surface area contributed by atoms with Gasteiger partial charge in [-0.25, -0.2) is 9.18 Å². The number of halogens is 2. The maximum Gasteiger partial charge on any atom is 0.340 e. The van der Waals surface area contributed by atoms with Gasteiger partial charge in [0.05, 0.1) is 5.02 Å². The molecule has 0 atom stereocenters. The smallest absolute Gasteiger partial charge is 0.340 e. The van der Waals surface area contributed by atoms with Crippen LogP contribution in [-0.4, -0.2) is 11.1 Å². The minimum Gasteiger partial charge on any atom is -0.489 e. The van der Waals surface area contributed by atoms with Gasteiger partial charge in [0.25, 0.3) is 0 Å². The summed E-state index contributed by atoms with van der Waals surface area (Å²) >= 11 is 6.02. The summed E-state index contributed by atoms with van der Waals surface area (Å²) in [5, 5.41) is 10.4. The van der Waals surface area contributed by atoms with Crippen molar-refractivity contribution in [2.45, 2.75) is 6.61 Å². The molecule has 0 amide bonds. The molecule has 0 saturated carbocycles. The molecule has 0 spiro atoms. The molecule has 0 unspecified atom stereocenters. The Morgan fingerprint density at radius 2 is 1.86 bits per heavy atom. The molecule has 1 N–H and O–H groups in total. The van der Waals surface area contributed by atoms with Gasteiger partial charge in [0, 0.05) is 16.5 Å². The molecule has 0 aliphatic rings. The van der Waals surface area contributed by atoms with Gasteiger partial charge in [-0.2, -0.15) is 0 Å². The third-order valence-electron chi connectivity index (χ3n) is 4.35. The molecule has 0 bridgehead atoms. The Balaban J connectivity index is 1.72. The molecular formula is C22H14ClFO4. The first kappa shape index (κ1) is 18.1. The fourth-order valence-corrected chi connectivity index (χ4v) is 3.21. The van der Waals surface area contributed by atoms with E-state index in [9.17, 15) is 14.3 Å². The number of fused-ring (bicyclic) bond motifs is 1. The zero-order chi connectivity index (χ0) is 19.7. The summed E-state index contributed by atoms with van der Waals surface area (Å²) in [6.07, 6.45) is 0. The van der Waals surface area contributed by atoms with Crippen molar-refractivity contribution in [2.75, 3.05) is 0 Å². The van der Waals surface area contributed by atoms with Crippen molar-refractivity contribution in [1.29, 1.82) is 0 Å². The van der Waals surface area contributed by atoms with Crippen molar-refractivity contribution >= 4 is 28.5 Å². The number of rotatable bonds is 5. The first-order valence-corrected chi connectivity index (χ1v) is 8.83. The molecule has 1 aromatic heterocycles. The second-order valence-corrected chi connectivity index (χ2v) is 6.53. The molecule has 1 heterocycles. The van der Waals surface area contributed by atoms with E-state index < -0.39 is 11.8 Å². The Hall–Kier alpha value is -3.31. The van der Waals surface area contributed by atoms with Crippen molar-refractivity contribution < 1.29 is 23.4 Å². The first-order valence-electron chi connectivity index (χ1n) is 8.45. The van der Waals surface area contributed by atoms with Gasteiger partial charge in [-0.1, -0.05) is 48.0 Å². The van der Waals surface area contributed by atoms with E-state index in [0.29, 0.717) is 22.3 Å². The molecule has 3 aromatic carbocycles. The molecule has 140 valence electrons. The zero-order valence-electron chi connectivity index (χ0n) is 14.5. The molecular weight excluding hydrogens is 383 g/mol. The highest BCUT2D eigenvalue weighted by Gasteiger charge is 2.22. The Labute approximate surface area is 164 Å². The lowest BCUT2D eigenvalue weighted by Gasteiger charge is -2.08. The van der Waals surface area contributed by atoms with E-state index in [1.807, 2.05) is 6.07 Å². The van der Waals surface area contributed by atoms with E-state index in [1.54, 1.807) is 48.5 Å². The second kappa shape index (κ2) is 7.37. The molecule has 0 fully saturated rings. The molecule has 0 aliphatic carbocycles. The first-order chi connectivity index (χ1) is 13.5. The monoisotopic (exact) mass is 396 g/mol. The van der Waals surface area contributed by atoms with Crippen LogP contribution in [0.2, 0.25) is 5.02 Å². The predicted octanol–water partition coefficient (Wildman–Crippen LogP) is 6.17. The normalized spacial score (nSPS) is 10.9. The summed E-state index contributed by atoms with van der Waals surface area (Å²) in [6, 6.07) is 18.3. The number of carboxylic acid groups (broad SMARTS) is 1. The molecule has 6 heteroatoms. The van der Waals surface area contributed by atoms with Crippen LogP contribution in [0, 0.1) is 5.82 Å². The molecule has 0 aliphatic heterocycles. The van der Waals surface area contributed by atoms with Crippen LogP contribution < -0.4 is 4.74 Å². The van der Waals surface area contributed by atoms with Crippen LogP contribution in [0.1, 0.15) is 15.9 Å². The van der Waals surface area contributed by atoms with Crippen LogP contribution in [-0.2, 0) is 6.61 Å². The van der Waals surface area contributed by atoms with Gasteiger partial charge in [-0.15, -0.1) is 0 Å². The number of aromatic carboxylic acids is 1. The summed E-state index contributed by atoms with van der Waals surface area (Å²) in [5.74, 6) is -0.909. The minimum absolute atomic E-state index is 0.0515. The largest absolute Gasteiger partial charge is 0.489 e. The van der Waals surface area contributed by atoms with Crippen LogP contribution in [0.15, 0.2) is 71.1 Å². The molecule has 4 aromatic rings. The number of carbonyl (C=O) groups is 1. The summed E-state index contributed by atoms with van der Waals surface area (Å²) in [6.45, 7) is -0.0805. The van der Waals surface area contributed by atoms with Crippen LogP contribution in [0.25, 0.3) is 22.3 Å². The van der Waals surface area contributed by atoms with Gasteiger partial charge >= 0.3 is 5.97 Å². The van der Waals surface area contributed by atoms with Crippen LogP contribution in [0.3, 0.4) is 0 Å². The Morgan fingerprint density at radius 3 is 2.57 bits per heavy atom. The predicted molar refractivity (Wildman–Crippen MR) is 104 cm³/mol. The molecule has 4 nitrogen and oxygen atoms in total. The maximum atomic E-state index is 13.9. The summed E-state index contributed by atoms with van der Waals surface area (Å²) in [7, 11) is 0. The van der Waals surface area contributed by atoms with Gasteiger partial charge in [-0.05, 0) is 30.3 Å². The standard InChI is InChI=1S/C22H14ClFO4/c23-17-7-4-8-18(24)16(17)12-27-14-9-10-19-15(11-14)20(22(25)26)21(28-19)13-5-2-1-3-6-13/h1-11H,12H2,(H,25,26). The van der Waals surface area contributed by atoms with E-state index in [4.69, 9.17) is 20.8 Å². The lowest BCUT2D eigenvalue weighted by molar-refractivity contribution is 0.0699. The van der Waals surface area contributed by atoms with E-state index in [1.165, 1.54) is 12.1 Å². The summed E-state index contributed by atoms with van der Waals surface area (Å²) < 4.78 is 25.3. The van der Waals surface area contributed by atoms with E-state index in [2.05, 4.69) is 0 Å². The van der Waals surface area contributed by atoms with Gasteiger partial charge in [0.2, 0.25) is 0 Å². The summed E-state index contributed by atoms with van der Waals surface area (Å²) in [5.41, 5.74) is 1.37. The third kappa shape index (κ3) is 3.32. The highest BCUT2D eigenvalue weighted by atomic mass is 35.5. The third-order valence-corrected chi connectivity index (χ3v) is 4.71. The zero-order valence-corrected chi connectivity index (χ0v) is 15.2. The summed E-state index contributed by atoms with van der Waals surface area (Å²) in [4.78, 5) is 11.9. The number of benzene rings is 3. The minimum atomic E-state index is -1.10. The fraction of sp³-hybridized carbons (Fsp3) is 0.0455. The fourth-order valence-electron chi connectivity index (χ4n) is 3.00. The number of hydrogen-bond donors (Lipinski definition) is 1. The average molecular weight is 397 g/mol. The molecule has 28 heavy (non-hydrogen) atoms. The van der Waals surface area contributed by atoms with Crippen LogP contribution >= 0.6 is 11.6 Å². The van der Waals surface area contributed by atoms with Crippen molar-refractivity contribution in [3.63, 3.8) is 0 Å². The average Bonchev–Trinajstić information content (AvgIpc) is 3.07. The Morgan fingerprint density at radius 1 is 1.07 bits per heavy atom. The topological polar surface area (TPSA) is 59.7 Å². The van der Waals surface area contributed by atoms with Crippen LogP contribution in [0.4, 0.5) is 4.39 Å². The Bertz CT molecular complexity index is 1150. The number of carboxylic acids is 1. The number of hydrogen-bond acceptors (Lipinski definition) is 3. The van der Waals surface area contributed by atoms with E-state index >= 15 is 0 Å². The van der Waals surface area contributed by atoms with Gasteiger partial charge in [-0.3, -0.25) is 0 Å². The van der Waals surface area contributed by atoms with Gasteiger partial charge < -0.3 is 14.3 Å². The van der Waals surface area contributed by atoms with Crippen molar-refractivity contribution in [2.24, 2.45) is 0 Å². The maximum absolute atomic E-state index is 13.9. The number of furan rings is 1. The van der Waals surface area contributed by atoms with Gasteiger partial charge in [0.15, 0.2) is 0 Å². The SMILES string of the molecule is O=C(O)c1c(-c2ccccc2)oc2ccc(OCc3c(F)cccc3Cl)cc12. The van der Waals surface area contributed by atoms with Crippen LogP contribution in [0.5, 0.6) is 5.75 Å². The molecule has 0 radical (unpaired) electrons. The second-order valence-electron chi connectivity index (χ2n) is 6.12. The van der Waals surface area contributed by atoms with Crippen molar-refractivity contribution in [1.82, 2.24) is 0 Å². The van der Waals surface area contributed by atoms with Crippen molar-refractivity contribution in [3.05, 3.63) is 88.7 Å². The lowest BCUT2D eigenvalue weighted by atomic mass is 10.1. The molecule has 0 saturated heterocycles. The van der Waals surface area contributed by atoms with E-state index in [0.717, 1.165) is 0 Å². The number of ether oxygens (including phenoxy) is 1. The van der Waals surface area contributed by atoms with Crippen molar-refractivity contribution in [3.8, 4) is 17.1 Å². The van der Waals surface area contributed by atoms with E-state index in [-0.39, 0.29) is 28.5 Å². The lowest BCUT2D eigenvalue weighted by Crippen LogP contribution is -2.00. The quantitative estimate of drug-likeness (QED) is 0.438. The van der Waals surface area contributed by atoms with Gasteiger partial charge in [0.1, 0.15) is 35.1 Å². The Kier molecular flexibility index (Phi) is 4.75.